The third-order valence-corrected chi connectivity index (χ3v) is 3.74. The number of halogens is 3. The zero-order valence-electron chi connectivity index (χ0n) is 12.1. The maximum Gasteiger partial charge on any atom is 0.433 e. The van der Waals surface area contributed by atoms with E-state index in [-0.39, 0.29) is 23.0 Å². The SMILES string of the molecule is Cc1ccc(-c2cc(C(F)(F)F)nc(SCCC(=O)O)n2)cc1. The number of carboxylic acid groups (broad SMARTS) is 1. The number of hydrogen-bond donors (Lipinski definition) is 1. The first-order valence-electron chi connectivity index (χ1n) is 6.63. The van der Waals surface area contributed by atoms with Gasteiger partial charge in [-0.05, 0) is 13.0 Å². The largest absolute Gasteiger partial charge is 0.481 e. The molecule has 8 heteroatoms. The predicted octanol–water partition coefficient (Wildman–Crippen LogP) is 4.04. The second kappa shape index (κ2) is 6.99. The number of thioether (sulfide) groups is 1. The van der Waals surface area contributed by atoms with Gasteiger partial charge in [-0.2, -0.15) is 13.2 Å². The minimum absolute atomic E-state index is 0.0864. The summed E-state index contributed by atoms with van der Waals surface area (Å²) in [5, 5.41) is 8.51. The average Bonchev–Trinajstić information content (AvgIpc) is 2.46. The van der Waals surface area contributed by atoms with Crippen LogP contribution in [-0.4, -0.2) is 26.8 Å². The average molecular weight is 342 g/mol. The van der Waals surface area contributed by atoms with Crippen LogP contribution in [0.4, 0.5) is 13.2 Å². The van der Waals surface area contributed by atoms with E-state index in [1.54, 1.807) is 24.3 Å². The minimum atomic E-state index is -4.59. The summed E-state index contributed by atoms with van der Waals surface area (Å²) in [7, 11) is 0. The highest BCUT2D eigenvalue weighted by molar-refractivity contribution is 7.99. The summed E-state index contributed by atoms with van der Waals surface area (Å²) in [6, 6.07) is 7.82. The Hall–Kier alpha value is -2.09. The molecule has 0 unspecified atom stereocenters. The van der Waals surface area contributed by atoms with Gasteiger partial charge in [-0.25, -0.2) is 9.97 Å². The number of alkyl halides is 3. The molecule has 0 aliphatic rings. The Bertz CT molecular complexity index is 703. The fourth-order valence-corrected chi connectivity index (χ4v) is 2.52. The first-order chi connectivity index (χ1) is 10.8. The van der Waals surface area contributed by atoms with Crippen LogP contribution in [0.15, 0.2) is 35.5 Å². The van der Waals surface area contributed by atoms with Crippen molar-refractivity contribution < 1.29 is 23.1 Å². The van der Waals surface area contributed by atoms with Gasteiger partial charge < -0.3 is 5.11 Å². The van der Waals surface area contributed by atoms with E-state index in [9.17, 15) is 18.0 Å². The summed E-state index contributed by atoms with van der Waals surface area (Å²) >= 11 is 0.888. The fourth-order valence-electron chi connectivity index (χ4n) is 1.74. The van der Waals surface area contributed by atoms with Gasteiger partial charge in [-0.3, -0.25) is 4.79 Å². The first-order valence-corrected chi connectivity index (χ1v) is 7.62. The van der Waals surface area contributed by atoms with Crippen molar-refractivity contribution in [3.8, 4) is 11.3 Å². The number of benzene rings is 1. The van der Waals surface area contributed by atoms with Crippen molar-refractivity contribution in [1.29, 1.82) is 0 Å². The zero-order valence-corrected chi connectivity index (χ0v) is 12.9. The molecule has 0 saturated carbocycles. The maximum absolute atomic E-state index is 13.0. The van der Waals surface area contributed by atoms with Crippen LogP contribution in [0.5, 0.6) is 0 Å². The van der Waals surface area contributed by atoms with E-state index < -0.39 is 17.8 Å². The van der Waals surface area contributed by atoms with E-state index >= 15 is 0 Å². The molecule has 1 N–H and O–H groups in total. The third-order valence-electron chi connectivity index (χ3n) is 2.89. The smallest absolute Gasteiger partial charge is 0.433 e. The summed E-state index contributed by atoms with van der Waals surface area (Å²) in [6.07, 6.45) is -4.77. The molecule has 0 saturated heterocycles. The molecule has 0 atom stereocenters. The zero-order chi connectivity index (χ0) is 17.0. The monoisotopic (exact) mass is 342 g/mol. The lowest BCUT2D eigenvalue weighted by Gasteiger charge is -2.10. The Balaban J connectivity index is 2.37. The van der Waals surface area contributed by atoms with E-state index in [2.05, 4.69) is 9.97 Å². The summed E-state index contributed by atoms with van der Waals surface area (Å²) < 4.78 is 39.0. The Kier molecular flexibility index (Phi) is 5.25. The van der Waals surface area contributed by atoms with Crippen molar-refractivity contribution in [3.63, 3.8) is 0 Å². The van der Waals surface area contributed by atoms with E-state index in [0.29, 0.717) is 5.56 Å². The predicted molar refractivity (Wildman–Crippen MR) is 80.2 cm³/mol. The highest BCUT2D eigenvalue weighted by atomic mass is 32.2. The summed E-state index contributed by atoms with van der Waals surface area (Å²) in [5.41, 5.74) is 0.643. The molecule has 2 rings (SSSR count). The molecule has 4 nitrogen and oxygen atoms in total. The van der Waals surface area contributed by atoms with Crippen molar-refractivity contribution >= 4 is 17.7 Å². The standard InChI is InChI=1S/C15H13F3N2O2S/c1-9-2-4-10(5-3-9)11-8-12(15(16,17)18)20-14(19-11)23-7-6-13(21)22/h2-5,8H,6-7H2,1H3,(H,21,22). The molecule has 122 valence electrons. The maximum atomic E-state index is 13.0. The van der Waals surface area contributed by atoms with Gasteiger partial charge in [0, 0.05) is 11.3 Å². The van der Waals surface area contributed by atoms with Crippen LogP contribution in [0.2, 0.25) is 0 Å². The number of nitrogens with zero attached hydrogens (tertiary/aromatic N) is 2. The lowest BCUT2D eigenvalue weighted by molar-refractivity contribution is -0.141. The van der Waals surface area contributed by atoms with Crippen LogP contribution in [0.3, 0.4) is 0 Å². The number of carbonyl (C=O) groups is 1. The van der Waals surface area contributed by atoms with Crippen LogP contribution in [0.1, 0.15) is 17.7 Å². The highest BCUT2D eigenvalue weighted by Crippen LogP contribution is 2.32. The molecule has 0 aliphatic heterocycles. The molecule has 0 spiro atoms. The molecular weight excluding hydrogens is 329 g/mol. The van der Waals surface area contributed by atoms with Crippen molar-refractivity contribution in [2.24, 2.45) is 0 Å². The van der Waals surface area contributed by atoms with E-state index in [4.69, 9.17) is 5.11 Å². The fraction of sp³-hybridized carbons (Fsp3) is 0.267. The highest BCUT2D eigenvalue weighted by Gasteiger charge is 2.33. The normalized spacial score (nSPS) is 11.5. The van der Waals surface area contributed by atoms with E-state index in [1.165, 1.54) is 0 Å². The van der Waals surface area contributed by atoms with Crippen LogP contribution >= 0.6 is 11.8 Å². The number of aliphatic carboxylic acids is 1. The second-order valence-electron chi connectivity index (χ2n) is 4.78. The number of aryl methyl sites for hydroxylation is 1. The number of aromatic nitrogens is 2. The molecule has 23 heavy (non-hydrogen) atoms. The molecular formula is C15H13F3N2O2S. The Morgan fingerprint density at radius 2 is 1.87 bits per heavy atom. The molecule has 0 amide bonds. The van der Waals surface area contributed by atoms with Crippen LogP contribution < -0.4 is 0 Å². The van der Waals surface area contributed by atoms with Crippen molar-refractivity contribution in [1.82, 2.24) is 9.97 Å². The van der Waals surface area contributed by atoms with Gasteiger partial charge in [0.15, 0.2) is 5.16 Å². The third kappa shape index (κ3) is 4.95. The Morgan fingerprint density at radius 3 is 2.43 bits per heavy atom. The van der Waals surface area contributed by atoms with Gasteiger partial charge >= 0.3 is 12.1 Å². The van der Waals surface area contributed by atoms with Gasteiger partial charge in [0.25, 0.3) is 0 Å². The van der Waals surface area contributed by atoms with E-state index in [1.807, 2.05) is 6.92 Å². The molecule has 2 aromatic rings. The van der Waals surface area contributed by atoms with Crippen molar-refractivity contribution in [2.45, 2.75) is 24.7 Å². The first kappa shape index (κ1) is 17.3. The van der Waals surface area contributed by atoms with Gasteiger partial charge in [0.1, 0.15) is 5.69 Å². The van der Waals surface area contributed by atoms with Crippen LogP contribution in [0.25, 0.3) is 11.3 Å². The Labute approximate surface area is 134 Å². The van der Waals surface area contributed by atoms with Gasteiger partial charge in [-0.15, -0.1) is 0 Å². The molecule has 0 aliphatic carbocycles. The van der Waals surface area contributed by atoms with Crippen molar-refractivity contribution in [2.75, 3.05) is 5.75 Å². The van der Waals surface area contributed by atoms with E-state index in [0.717, 1.165) is 23.4 Å². The van der Waals surface area contributed by atoms with Crippen molar-refractivity contribution in [3.05, 3.63) is 41.6 Å². The molecule has 0 bridgehead atoms. The van der Waals surface area contributed by atoms with Gasteiger partial charge in [0.2, 0.25) is 0 Å². The summed E-state index contributed by atoms with van der Waals surface area (Å²) in [6.45, 7) is 1.87. The van der Waals surface area contributed by atoms with Crippen LogP contribution in [0, 0.1) is 6.92 Å². The quantitative estimate of drug-likeness (QED) is 0.656. The molecule has 0 fully saturated rings. The molecule has 1 aromatic carbocycles. The molecule has 1 heterocycles. The second-order valence-corrected chi connectivity index (χ2v) is 5.84. The summed E-state index contributed by atoms with van der Waals surface area (Å²) in [4.78, 5) is 18.1. The minimum Gasteiger partial charge on any atom is -0.481 e. The number of rotatable bonds is 5. The number of carboxylic acids is 1. The van der Waals surface area contributed by atoms with Gasteiger partial charge in [0.05, 0.1) is 12.1 Å². The molecule has 1 aromatic heterocycles. The summed E-state index contributed by atoms with van der Waals surface area (Å²) in [5.74, 6) is -0.924. The Morgan fingerprint density at radius 1 is 1.22 bits per heavy atom. The molecule has 0 radical (unpaired) electrons. The topological polar surface area (TPSA) is 63.1 Å². The number of hydrogen-bond acceptors (Lipinski definition) is 4. The van der Waals surface area contributed by atoms with Crippen LogP contribution in [-0.2, 0) is 11.0 Å². The lowest BCUT2D eigenvalue weighted by Crippen LogP contribution is -2.10. The lowest BCUT2D eigenvalue weighted by atomic mass is 10.1. The van der Waals surface area contributed by atoms with Gasteiger partial charge in [-0.1, -0.05) is 41.6 Å².